The Labute approximate surface area is 96.5 Å². The normalized spacial score (nSPS) is 10.4. The summed E-state index contributed by atoms with van der Waals surface area (Å²) >= 11 is 0. The minimum Gasteiger partial charge on any atom is -0.492 e. The van der Waals surface area contributed by atoms with Crippen LogP contribution in [0.5, 0.6) is 5.75 Å². The smallest absolute Gasteiger partial charge is 0.119 e. The summed E-state index contributed by atoms with van der Waals surface area (Å²) in [5, 5.41) is 0. The zero-order valence-corrected chi connectivity index (χ0v) is 9.81. The third-order valence-corrected chi connectivity index (χ3v) is 2.76. The van der Waals surface area contributed by atoms with Crippen molar-refractivity contribution in [3.05, 3.63) is 53.9 Å². The van der Waals surface area contributed by atoms with Crippen LogP contribution in [-0.4, -0.2) is 11.2 Å². The van der Waals surface area contributed by atoms with Crippen molar-refractivity contribution >= 4 is 0 Å². The number of rotatable bonds is 4. The van der Waals surface area contributed by atoms with E-state index in [1.54, 1.807) is 0 Å². The summed E-state index contributed by atoms with van der Waals surface area (Å²) in [7, 11) is 0. The van der Waals surface area contributed by atoms with Crippen molar-refractivity contribution in [3.63, 3.8) is 0 Å². The Hall–Kier alpha value is -1.70. The van der Waals surface area contributed by atoms with Gasteiger partial charge in [-0.05, 0) is 49.2 Å². The molecule has 84 valence electrons. The van der Waals surface area contributed by atoms with Gasteiger partial charge in [-0.25, -0.2) is 0 Å². The third-order valence-electron chi connectivity index (χ3n) is 2.76. The van der Waals surface area contributed by atoms with Crippen LogP contribution in [0.3, 0.4) is 0 Å². The molecule has 0 aliphatic rings. The Morgan fingerprint density at radius 1 is 1.06 bits per heavy atom. The van der Waals surface area contributed by atoms with Crippen molar-refractivity contribution in [1.82, 2.24) is 4.57 Å². The fourth-order valence-electron chi connectivity index (χ4n) is 1.59. The summed E-state index contributed by atoms with van der Waals surface area (Å²) in [6, 6.07) is 10.3. The molecule has 2 rings (SSSR count). The van der Waals surface area contributed by atoms with Gasteiger partial charge < -0.3 is 9.30 Å². The van der Waals surface area contributed by atoms with Crippen molar-refractivity contribution in [2.45, 2.75) is 20.4 Å². The first kappa shape index (κ1) is 10.8. The molecule has 0 saturated carbocycles. The molecule has 0 aliphatic heterocycles. The lowest BCUT2D eigenvalue weighted by molar-refractivity contribution is 0.298. The van der Waals surface area contributed by atoms with E-state index in [1.165, 1.54) is 11.1 Å². The van der Waals surface area contributed by atoms with Crippen LogP contribution in [0, 0.1) is 13.8 Å². The average molecular weight is 215 g/mol. The number of benzene rings is 1. The molecule has 1 aromatic carbocycles. The van der Waals surface area contributed by atoms with Crippen LogP contribution >= 0.6 is 0 Å². The Morgan fingerprint density at radius 2 is 1.81 bits per heavy atom. The minimum atomic E-state index is 0.706. The first-order chi connectivity index (χ1) is 7.75. The molecule has 16 heavy (non-hydrogen) atoms. The topological polar surface area (TPSA) is 14.2 Å². The van der Waals surface area contributed by atoms with Gasteiger partial charge in [0.25, 0.3) is 0 Å². The second kappa shape index (κ2) is 4.88. The number of hydrogen-bond acceptors (Lipinski definition) is 1. The lowest BCUT2D eigenvalue weighted by Crippen LogP contribution is -2.06. The highest BCUT2D eigenvalue weighted by molar-refractivity contribution is 5.33. The number of ether oxygens (including phenoxy) is 1. The summed E-state index contributed by atoms with van der Waals surface area (Å²) in [4.78, 5) is 0. The zero-order valence-electron chi connectivity index (χ0n) is 9.81. The first-order valence-electron chi connectivity index (χ1n) is 5.56. The van der Waals surface area contributed by atoms with Crippen molar-refractivity contribution in [1.29, 1.82) is 0 Å². The van der Waals surface area contributed by atoms with E-state index >= 15 is 0 Å². The Morgan fingerprint density at radius 3 is 2.50 bits per heavy atom. The number of nitrogens with zero attached hydrogens (tertiary/aromatic N) is 1. The standard InChI is InChI=1S/C14H17NO/c1-12-5-6-14(11-13(12)2)16-10-9-15-7-3-4-8-15/h3-8,11H,9-10H2,1-2H3. The number of aryl methyl sites for hydroxylation is 2. The first-order valence-corrected chi connectivity index (χ1v) is 5.56. The van der Waals surface area contributed by atoms with Gasteiger partial charge >= 0.3 is 0 Å². The Kier molecular flexibility index (Phi) is 3.30. The summed E-state index contributed by atoms with van der Waals surface area (Å²) in [6.07, 6.45) is 4.09. The lowest BCUT2D eigenvalue weighted by Gasteiger charge is -2.08. The lowest BCUT2D eigenvalue weighted by atomic mass is 10.1. The molecular formula is C14H17NO. The van der Waals surface area contributed by atoms with Crippen LogP contribution in [0.2, 0.25) is 0 Å². The van der Waals surface area contributed by atoms with E-state index in [0.717, 1.165) is 12.3 Å². The molecule has 0 fully saturated rings. The number of hydrogen-bond donors (Lipinski definition) is 0. The second-order valence-corrected chi connectivity index (χ2v) is 4.02. The molecule has 1 aromatic heterocycles. The molecule has 2 nitrogen and oxygen atoms in total. The van der Waals surface area contributed by atoms with Crippen molar-refractivity contribution in [2.24, 2.45) is 0 Å². The van der Waals surface area contributed by atoms with Gasteiger partial charge in [-0.2, -0.15) is 0 Å². The fourth-order valence-corrected chi connectivity index (χ4v) is 1.59. The Bertz CT molecular complexity index is 446. The molecule has 2 aromatic rings. The average Bonchev–Trinajstić information content (AvgIpc) is 2.76. The highest BCUT2D eigenvalue weighted by Crippen LogP contribution is 2.16. The molecule has 0 radical (unpaired) electrons. The molecule has 0 bridgehead atoms. The summed E-state index contributed by atoms with van der Waals surface area (Å²) in [5.74, 6) is 0.954. The zero-order chi connectivity index (χ0) is 11.4. The van der Waals surface area contributed by atoms with Crippen molar-refractivity contribution in [2.75, 3.05) is 6.61 Å². The molecule has 2 heteroatoms. The van der Waals surface area contributed by atoms with Crippen LogP contribution in [0.15, 0.2) is 42.7 Å². The van der Waals surface area contributed by atoms with Crippen molar-refractivity contribution < 1.29 is 4.74 Å². The van der Waals surface area contributed by atoms with Gasteiger partial charge in [0.05, 0.1) is 6.54 Å². The minimum absolute atomic E-state index is 0.706. The molecule has 0 amide bonds. The number of aromatic nitrogens is 1. The second-order valence-electron chi connectivity index (χ2n) is 4.02. The molecular weight excluding hydrogens is 198 g/mol. The van der Waals surface area contributed by atoms with E-state index in [4.69, 9.17) is 4.74 Å². The maximum absolute atomic E-state index is 5.69. The monoisotopic (exact) mass is 215 g/mol. The summed E-state index contributed by atoms with van der Waals surface area (Å²) in [5.41, 5.74) is 2.58. The molecule has 1 heterocycles. The SMILES string of the molecule is Cc1ccc(OCCn2cccc2)cc1C. The molecule has 0 saturated heterocycles. The van der Waals surface area contributed by atoms with Crippen LogP contribution in [0.25, 0.3) is 0 Å². The van der Waals surface area contributed by atoms with Gasteiger partial charge in [-0.3, -0.25) is 0 Å². The maximum atomic E-state index is 5.69. The van der Waals surface area contributed by atoms with Gasteiger partial charge in [0.1, 0.15) is 12.4 Å². The van der Waals surface area contributed by atoms with Gasteiger partial charge in [0.15, 0.2) is 0 Å². The third kappa shape index (κ3) is 2.66. The van der Waals surface area contributed by atoms with Crippen LogP contribution < -0.4 is 4.74 Å². The van der Waals surface area contributed by atoms with Crippen molar-refractivity contribution in [3.8, 4) is 5.75 Å². The van der Waals surface area contributed by atoms with E-state index in [9.17, 15) is 0 Å². The largest absolute Gasteiger partial charge is 0.492 e. The van der Waals surface area contributed by atoms with E-state index in [1.807, 2.05) is 30.6 Å². The molecule has 0 aliphatic carbocycles. The van der Waals surface area contributed by atoms with E-state index in [2.05, 4.69) is 30.5 Å². The quantitative estimate of drug-likeness (QED) is 0.764. The predicted molar refractivity (Wildman–Crippen MR) is 65.8 cm³/mol. The highest BCUT2D eigenvalue weighted by Gasteiger charge is 1.97. The molecule has 0 unspecified atom stereocenters. The highest BCUT2D eigenvalue weighted by atomic mass is 16.5. The van der Waals surface area contributed by atoms with Crippen LogP contribution in [0.4, 0.5) is 0 Å². The van der Waals surface area contributed by atoms with E-state index in [0.29, 0.717) is 6.61 Å². The molecule has 0 spiro atoms. The fraction of sp³-hybridized carbons (Fsp3) is 0.286. The maximum Gasteiger partial charge on any atom is 0.119 e. The molecule has 0 atom stereocenters. The predicted octanol–water partition coefficient (Wildman–Crippen LogP) is 3.18. The summed E-state index contributed by atoms with van der Waals surface area (Å²) in [6.45, 7) is 5.81. The van der Waals surface area contributed by atoms with Gasteiger partial charge in [-0.15, -0.1) is 0 Å². The van der Waals surface area contributed by atoms with Crippen LogP contribution in [0.1, 0.15) is 11.1 Å². The summed E-state index contributed by atoms with van der Waals surface area (Å²) < 4.78 is 7.81. The Balaban J connectivity index is 1.87. The van der Waals surface area contributed by atoms with Gasteiger partial charge in [0.2, 0.25) is 0 Å². The van der Waals surface area contributed by atoms with Crippen LogP contribution in [-0.2, 0) is 6.54 Å². The van der Waals surface area contributed by atoms with E-state index < -0.39 is 0 Å². The van der Waals surface area contributed by atoms with Gasteiger partial charge in [-0.1, -0.05) is 6.07 Å². The van der Waals surface area contributed by atoms with E-state index in [-0.39, 0.29) is 0 Å². The molecule has 0 N–H and O–H groups in total. The van der Waals surface area contributed by atoms with Gasteiger partial charge in [0, 0.05) is 12.4 Å².